The Morgan fingerprint density at radius 1 is 1.10 bits per heavy atom. The maximum absolute atomic E-state index is 13.0. The molecule has 0 aliphatic carbocycles. The number of furan rings is 1. The average Bonchev–Trinajstić information content (AvgIpc) is 3.42. The molecule has 7 nitrogen and oxygen atoms in total. The van der Waals surface area contributed by atoms with Gasteiger partial charge in [0.15, 0.2) is 0 Å². The van der Waals surface area contributed by atoms with Gasteiger partial charge in [-0.25, -0.2) is 9.78 Å². The SMILES string of the molecule is CCCC(=O)N(c1ccc(-c2ccc(C(=O)O)o2)cc1)C(C)c1nc2ccccc2[nH]1. The number of hydrogen-bond acceptors (Lipinski definition) is 4. The quantitative estimate of drug-likeness (QED) is 0.418. The number of amides is 1. The minimum atomic E-state index is -1.11. The van der Waals surface area contributed by atoms with Gasteiger partial charge in [-0.2, -0.15) is 0 Å². The maximum atomic E-state index is 13.0. The molecule has 4 aromatic rings. The van der Waals surface area contributed by atoms with E-state index in [1.54, 1.807) is 11.0 Å². The highest BCUT2D eigenvalue weighted by Gasteiger charge is 2.25. The number of aromatic carboxylic acids is 1. The Labute approximate surface area is 179 Å². The van der Waals surface area contributed by atoms with E-state index in [4.69, 9.17) is 9.52 Å². The number of imidazole rings is 1. The molecule has 158 valence electrons. The third-order valence-corrected chi connectivity index (χ3v) is 5.17. The second-order valence-corrected chi connectivity index (χ2v) is 7.34. The number of carboxylic acid groups (broad SMARTS) is 1. The van der Waals surface area contributed by atoms with Crippen molar-refractivity contribution in [1.82, 2.24) is 9.97 Å². The van der Waals surface area contributed by atoms with Crippen LogP contribution < -0.4 is 4.90 Å². The van der Waals surface area contributed by atoms with Crippen LogP contribution in [0.25, 0.3) is 22.4 Å². The summed E-state index contributed by atoms with van der Waals surface area (Å²) in [6.07, 6.45) is 1.16. The van der Waals surface area contributed by atoms with Gasteiger partial charge in [0.25, 0.3) is 0 Å². The van der Waals surface area contributed by atoms with Gasteiger partial charge in [0.1, 0.15) is 11.6 Å². The molecular weight excluding hydrogens is 394 g/mol. The molecule has 4 rings (SSSR count). The molecule has 2 aromatic heterocycles. The molecule has 1 atom stereocenters. The first-order valence-corrected chi connectivity index (χ1v) is 10.2. The fourth-order valence-corrected chi connectivity index (χ4v) is 3.60. The first kappa shape index (κ1) is 20.4. The van der Waals surface area contributed by atoms with Gasteiger partial charge in [-0.3, -0.25) is 4.79 Å². The first-order chi connectivity index (χ1) is 15.0. The number of nitrogens with one attached hydrogen (secondary N) is 1. The van der Waals surface area contributed by atoms with Crippen LogP contribution in [-0.2, 0) is 4.79 Å². The number of para-hydroxylation sites is 2. The third-order valence-electron chi connectivity index (χ3n) is 5.17. The molecule has 0 radical (unpaired) electrons. The second-order valence-electron chi connectivity index (χ2n) is 7.34. The lowest BCUT2D eigenvalue weighted by atomic mass is 10.1. The molecule has 0 spiro atoms. The molecule has 0 aliphatic heterocycles. The summed E-state index contributed by atoms with van der Waals surface area (Å²) < 4.78 is 5.37. The molecule has 1 amide bonds. The predicted octanol–water partition coefficient (Wildman–Crippen LogP) is 5.42. The van der Waals surface area contributed by atoms with Gasteiger partial charge in [-0.15, -0.1) is 0 Å². The topological polar surface area (TPSA) is 99.4 Å². The van der Waals surface area contributed by atoms with Crippen molar-refractivity contribution < 1.29 is 19.1 Å². The summed E-state index contributed by atoms with van der Waals surface area (Å²) in [6.45, 7) is 3.92. The molecule has 0 aliphatic rings. The molecule has 1 unspecified atom stereocenters. The number of rotatable bonds is 7. The predicted molar refractivity (Wildman–Crippen MR) is 118 cm³/mol. The van der Waals surface area contributed by atoms with E-state index in [1.807, 2.05) is 62.4 Å². The fourth-order valence-electron chi connectivity index (χ4n) is 3.60. The van der Waals surface area contributed by atoms with Gasteiger partial charge in [0.05, 0.1) is 17.1 Å². The standard InChI is InChI=1S/C24H23N3O4/c1-3-6-22(28)27(15(2)23-25-18-7-4-5-8-19(18)26-23)17-11-9-16(10-12-17)20-13-14-21(31-20)24(29)30/h4-5,7-15H,3,6H2,1-2H3,(H,25,26)(H,29,30). The number of carbonyl (C=O) groups is 2. The number of nitrogens with zero attached hydrogens (tertiary/aromatic N) is 2. The number of aromatic nitrogens is 2. The Hall–Kier alpha value is -3.87. The second kappa shape index (κ2) is 8.47. The number of fused-ring (bicyclic) bond motifs is 1. The number of benzene rings is 2. The highest BCUT2D eigenvalue weighted by molar-refractivity contribution is 5.94. The van der Waals surface area contributed by atoms with Crippen LogP contribution in [0, 0.1) is 0 Å². The fraction of sp³-hybridized carbons (Fsp3) is 0.208. The number of carbonyl (C=O) groups excluding carboxylic acids is 1. The lowest BCUT2D eigenvalue weighted by Crippen LogP contribution is -2.33. The Balaban J connectivity index is 1.66. The van der Waals surface area contributed by atoms with E-state index >= 15 is 0 Å². The largest absolute Gasteiger partial charge is 0.475 e. The van der Waals surface area contributed by atoms with Crippen molar-refractivity contribution in [3.8, 4) is 11.3 Å². The van der Waals surface area contributed by atoms with Crippen molar-refractivity contribution in [3.05, 3.63) is 72.2 Å². The summed E-state index contributed by atoms with van der Waals surface area (Å²) in [7, 11) is 0. The molecule has 2 heterocycles. The Kier molecular flexibility index (Phi) is 5.58. The van der Waals surface area contributed by atoms with E-state index in [-0.39, 0.29) is 17.7 Å². The van der Waals surface area contributed by atoms with Crippen molar-refractivity contribution in [2.24, 2.45) is 0 Å². The normalized spacial score (nSPS) is 12.1. The van der Waals surface area contributed by atoms with Crippen LogP contribution in [-0.4, -0.2) is 27.0 Å². The molecule has 0 saturated heterocycles. The number of carboxylic acids is 1. The van der Waals surface area contributed by atoms with Gasteiger partial charge < -0.3 is 19.4 Å². The molecule has 7 heteroatoms. The van der Waals surface area contributed by atoms with Crippen LogP contribution in [0.5, 0.6) is 0 Å². The molecule has 0 saturated carbocycles. The van der Waals surface area contributed by atoms with Crippen LogP contribution >= 0.6 is 0 Å². The summed E-state index contributed by atoms with van der Waals surface area (Å²) in [5, 5.41) is 9.05. The van der Waals surface area contributed by atoms with Crippen LogP contribution in [0.15, 0.2) is 65.1 Å². The minimum Gasteiger partial charge on any atom is -0.475 e. The van der Waals surface area contributed by atoms with Gasteiger partial charge in [-0.05, 0) is 61.9 Å². The lowest BCUT2D eigenvalue weighted by Gasteiger charge is -2.28. The van der Waals surface area contributed by atoms with Gasteiger partial charge >= 0.3 is 5.97 Å². The highest BCUT2D eigenvalue weighted by Crippen LogP contribution is 2.31. The van der Waals surface area contributed by atoms with Crippen molar-refractivity contribution in [3.63, 3.8) is 0 Å². The number of aromatic amines is 1. The van der Waals surface area contributed by atoms with Crippen molar-refractivity contribution in [2.45, 2.75) is 32.7 Å². The van der Waals surface area contributed by atoms with E-state index in [2.05, 4.69) is 9.97 Å². The Bertz CT molecular complexity index is 1190. The van der Waals surface area contributed by atoms with Crippen LogP contribution in [0.3, 0.4) is 0 Å². The molecule has 2 aromatic carbocycles. The van der Waals surface area contributed by atoms with E-state index in [0.717, 1.165) is 28.7 Å². The van der Waals surface area contributed by atoms with Crippen molar-refractivity contribution in [2.75, 3.05) is 4.90 Å². The summed E-state index contributed by atoms with van der Waals surface area (Å²) in [5.41, 5.74) is 3.25. The highest BCUT2D eigenvalue weighted by atomic mass is 16.4. The smallest absolute Gasteiger partial charge is 0.371 e. The summed E-state index contributed by atoms with van der Waals surface area (Å²) >= 11 is 0. The number of anilines is 1. The molecule has 0 bridgehead atoms. The van der Waals surface area contributed by atoms with Crippen LogP contribution in [0.2, 0.25) is 0 Å². The molecular formula is C24H23N3O4. The monoisotopic (exact) mass is 417 g/mol. The Morgan fingerprint density at radius 3 is 2.48 bits per heavy atom. The van der Waals surface area contributed by atoms with Crippen molar-refractivity contribution in [1.29, 1.82) is 0 Å². The summed E-state index contributed by atoms with van der Waals surface area (Å²) in [5.74, 6) is -0.0434. The zero-order valence-electron chi connectivity index (χ0n) is 17.3. The van der Waals surface area contributed by atoms with E-state index in [1.165, 1.54) is 6.07 Å². The van der Waals surface area contributed by atoms with Crippen molar-refractivity contribution >= 4 is 28.6 Å². The van der Waals surface area contributed by atoms with Crippen LogP contribution in [0.4, 0.5) is 5.69 Å². The zero-order valence-corrected chi connectivity index (χ0v) is 17.3. The molecule has 2 N–H and O–H groups in total. The van der Waals surface area contributed by atoms with E-state index < -0.39 is 5.97 Å². The van der Waals surface area contributed by atoms with Gasteiger partial charge in [0, 0.05) is 17.7 Å². The maximum Gasteiger partial charge on any atom is 0.371 e. The Morgan fingerprint density at radius 2 is 1.84 bits per heavy atom. The number of hydrogen-bond donors (Lipinski definition) is 2. The zero-order chi connectivity index (χ0) is 22.0. The minimum absolute atomic E-state index is 0.00867. The molecule has 0 fully saturated rings. The number of H-pyrrole nitrogens is 1. The average molecular weight is 417 g/mol. The van der Waals surface area contributed by atoms with E-state index in [9.17, 15) is 9.59 Å². The lowest BCUT2D eigenvalue weighted by molar-refractivity contribution is -0.119. The van der Waals surface area contributed by atoms with Gasteiger partial charge in [-0.1, -0.05) is 19.1 Å². The first-order valence-electron chi connectivity index (χ1n) is 10.2. The summed E-state index contributed by atoms with van der Waals surface area (Å²) in [6, 6.07) is 17.8. The van der Waals surface area contributed by atoms with E-state index in [0.29, 0.717) is 18.0 Å². The van der Waals surface area contributed by atoms with Crippen LogP contribution in [0.1, 0.15) is 49.1 Å². The molecule has 31 heavy (non-hydrogen) atoms. The van der Waals surface area contributed by atoms with Gasteiger partial charge in [0.2, 0.25) is 11.7 Å². The summed E-state index contributed by atoms with van der Waals surface area (Å²) in [4.78, 5) is 33.8. The third kappa shape index (κ3) is 4.07.